The average molecular weight is 251 g/mol. The second-order valence-electron chi connectivity index (χ2n) is 5.51. The number of esters is 1. The first-order valence-electron chi connectivity index (χ1n) is 6.19. The first-order valence-corrected chi connectivity index (χ1v) is 6.19. The number of nitrogens with zero attached hydrogens (tertiary/aromatic N) is 1. The lowest BCUT2D eigenvalue weighted by atomic mass is 9.93. The topological polar surface area (TPSA) is 48.3 Å². The number of rotatable bonds is 5. The fourth-order valence-corrected chi connectivity index (χ4v) is 1.40. The Morgan fingerprint density at radius 1 is 1.33 bits per heavy atom. The van der Waals surface area contributed by atoms with E-state index in [4.69, 9.17) is 4.74 Å². The van der Waals surface area contributed by atoms with Gasteiger partial charge in [0, 0.05) is 18.8 Å². The molecular weight excluding hydrogens is 230 g/mol. The first-order chi connectivity index (χ1) is 8.38. The zero-order valence-corrected chi connectivity index (χ0v) is 11.3. The molecule has 0 saturated carbocycles. The molecule has 0 aliphatic carbocycles. The van der Waals surface area contributed by atoms with Crippen molar-refractivity contribution in [3.63, 3.8) is 0 Å². The number of aryl methyl sites for hydroxylation is 1. The quantitative estimate of drug-likeness (QED) is 0.754. The molecule has 1 heterocycles. The van der Waals surface area contributed by atoms with Crippen LogP contribution in [0.15, 0.2) is 29.2 Å². The molecule has 4 heteroatoms. The van der Waals surface area contributed by atoms with Crippen molar-refractivity contribution in [1.82, 2.24) is 4.57 Å². The zero-order chi connectivity index (χ0) is 13.6. The van der Waals surface area contributed by atoms with Gasteiger partial charge in [-0.25, -0.2) is 0 Å². The van der Waals surface area contributed by atoms with E-state index in [1.807, 2.05) is 0 Å². The minimum absolute atomic E-state index is 0.0972. The van der Waals surface area contributed by atoms with Gasteiger partial charge in [-0.15, -0.1) is 0 Å². The molecule has 100 valence electrons. The Hall–Kier alpha value is -1.58. The molecule has 0 spiro atoms. The summed E-state index contributed by atoms with van der Waals surface area (Å²) in [5.74, 6) is -0.255. The van der Waals surface area contributed by atoms with E-state index >= 15 is 0 Å². The van der Waals surface area contributed by atoms with Crippen LogP contribution < -0.4 is 5.56 Å². The van der Waals surface area contributed by atoms with Crippen molar-refractivity contribution in [3.05, 3.63) is 34.7 Å². The van der Waals surface area contributed by atoms with Crippen molar-refractivity contribution in [2.75, 3.05) is 6.61 Å². The summed E-state index contributed by atoms with van der Waals surface area (Å²) in [7, 11) is 0. The lowest BCUT2D eigenvalue weighted by Gasteiger charge is -2.17. The summed E-state index contributed by atoms with van der Waals surface area (Å²) in [6.45, 7) is 7.11. The van der Waals surface area contributed by atoms with E-state index in [0.717, 1.165) is 6.42 Å². The average Bonchev–Trinajstić information content (AvgIpc) is 2.26. The predicted octanol–water partition coefficient (Wildman–Crippen LogP) is 2.22. The molecule has 1 rings (SSSR count). The third-order valence-electron chi connectivity index (χ3n) is 2.57. The number of ether oxygens (including phenoxy) is 1. The van der Waals surface area contributed by atoms with Crippen LogP contribution in [-0.4, -0.2) is 17.1 Å². The second-order valence-corrected chi connectivity index (χ2v) is 5.51. The molecule has 18 heavy (non-hydrogen) atoms. The molecule has 0 bridgehead atoms. The summed E-state index contributed by atoms with van der Waals surface area (Å²) >= 11 is 0. The maximum atomic E-state index is 11.5. The van der Waals surface area contributed by atoms with E-state index in [0.29, 0.717) is 13.2 Å². The van der Waals surface area contributed by atoms with E-state index in [-0.39, 0.29) is 23.4 Å². The highest BCUT2D eigenvalue weighted by molar-refractivity contribution is 5.69. The van der Waals surface area contributed by atoms with Crippen LogP contribution in [0.1, 0.15) is 33.6 Å². The van der Waals surface area contributed by atoms with Gasteiger partial charge >= 0.3 is 5.97 Å². The molecule has 0 radical (unpaired) electrons. The monoisotopic (exact) mass is 251 g/mol. The second kappa shape index (κ2) is 6.38. The normalized spacial score (nSPS) is 11.3. The summed E-state index contributed by atoms with van der Waals surface area (Å²) in [6, 6.07) is 4.93. The summed E-state index contributed by atoms with van der Waals surface area (Å²) in [4.78, 5) is 22.9. The van der Waals surface area contributed by atoms with Crippen LogP contribution in [-0.2, 0) is 16.1 Å². The Labute approximate surface area is 108 Å². The van der Waals surface area contributed by atoms with Crippen molar-refractivity contribution in [2.24, 2.45) is 5.41 Å². The Morgan fingerprint density at radius 3 is 2.67 bits per heavy atom. The summed E-state index contributed by atoms with van der Waals surface area (Å²) in [5, 5.41) is 0. The maximum Gasteiger partial charge on any atom is 0.307 e. The highest BCUT2D eigenvalue weighted by Gasteiger charge is 2.11. The number of hydrogen-bond acceptors (Lipinski definition) is 3. The number of hydrogen-bond donors (Lipinski definition) is 0. The van der Waals surface area contributed by atoms with Crippen molar-refractivity contribution >= 4 is 5.97 Å². The molecule has 1 aromatic rings. The standard InChI is InChI=1S/C14H21NO3/c1-14(2,3)8-11-18-13(17)7-10-15-9-5-4-6-12(15)16/h4-6,9H,7-8,10-11H2,1-3H3. The van der Waals surface area contributed by atoms with Gasteiger partial charge < -0.3 is 9.30 Å². The van der Waals surface area contributed by atoms with Gasteiger partial charge in [0.2, 0.25) is 0 Å². The fraction of sp³-hybridized carbons (Fsp3) is 0.571. The maximum absolute atomic E-state index is 11.5. The molecule has 4 nitrogen and oxygen atoms in total. The third kappa shape index (κ3) is 5.66. The van der Waals surface area contributed by atoms with Crippen LogP contribution in [0, 0.1) is 5.41 Å². The Kier molecular flexibility index (Phi) is 5.13. The smallest absolute Gasteiger partial charge is 0.307 e. The molecule has 0 atom stereocenters. The van der Waals surface area contributed by atoms with Crippen molar-refractivity contribution in [3.8, 4) is 0 Å². The minimum atomic E-state index is -0.255. The summed E-state index contributed by atoms with van der Waals surface area (Å²) in [6.07, 6.45) is 2.74. The van der Waals surface area contributed by atoms with Crippen LogP contribution in [0.3, 0.4) is 0 Å². The number of carbonyl (C=O) groups excluding carboxylic acids is 1. The molecule has 0 saturated heterocycles. The number of carbonyl (C=O) groups is 1. The fourth-order valence-electron chi connectivity index (χ4n) is 1.40. The number of aromatic nitrogens is 1. The van der Waals surface area contributed by atoms with Crippen LogP contribution in [0.2, 0.25) is 0 Å². The summed E-state index contributed by atoms with van der Waals surface area (Å²) in [5.41, 5.74) is 0.0661. The van der Waals surface area contributed by atoms with Crippen molar-refractivity contribution < 1.29 is 9.53 Å². The summed E-state index contributed by atoms with van der Waals surface area (Å²) < 4.78 is 6.63. The van der Waals surface area contributed by atoms with E-state index in [2.05, 4.69) is 20.8 Å². The SMILES string of the molecule is CC(C)(C)CCOC(=O)CCn1ccccc1=O. The van der Waals surface area contributed by atoms with E-state index in [9.17, 15) is 9.59 Å². The minimum Gasteiger partial charge on any atom is -0.466 e. The van der Waals surface area contributed by atoms with Crippen molar-refractivity contribution in [1.29, 1.82) is 0 Å². The van der Waals surface area contributed by atoms with Crippen LogP contribution in [0.5, 0.6) is 0 Å². The third-order valence-corrected chi connectivity index (χ3v) is 2.57. The molecule has 1 aromatic heterocycles. The van der Waals surface area contributed by atoms with E-state index in [1.165, 1.54) is 10.6 Å². The number of pyridine rings is 1. The van der Waals surface area contributed by atoms with Gasteiger partial charge in [-0.3, -0.25) is 9.59 Å². The van der Waals surface area contributed by atoms with Gasteiger partial charge in [0.1, 0.15) is 0 Å². The Bertz CT molecular complexity index is 443. The largest absolute Gasteiger partial charge is 0.466 e. The molecule has 0 aliphatic heterocycles. The van der Waals surface area contributed by atoms with Gasteiger partial charge in [0.05, 0.1) is 13.0 Å². The molecule has 0 N–H and O–H groups in total. The van der Waals surface area contributed by atoms with Crippen molar-refractivity contribution in [2.45, 2.75) is 40.2 Å². The molecule has 0 amide bonds. The van der Waals surface area contributed by atoms with Gasteiger partial charge in [0.15, 0.2) is 0 Å². The highest BCUT2D eigenvalue weighted by Crippen LogP contribution is 2.17. The lowest BCUT2D eigenvalue weighted by Crippen LogP contribution is -2.20. The molecule has 0 unspecified atom stereocenters. The van der Waals surface area contributed by atoms with Gasteiger partial charge in [-0.1, -0.05) is 26.8 Å². The van der Waals surface area contributed by atoms with Gasteiger partial charge in [-0.05, 0) is 17.9 Å². The van der Waals surface area contributed by atoms with E-state index in [1.54, 1.807) is 18.3 Å². The molecular formula is C14H21NO3. The lowest BCUT2D eigenvalue weighted by molar-refractivity contribution is -0.144. The Balaban J connectivity index is 2.30. The predicted molar refractivity (Wildman–Crippen MR) is 70.4 cm³/mol. The van der Waals surface area contributed by atoms with Gasteiger partial charge in [0.25, 0.3) is 5.56 Å². The Morgan fingerprint density at radius 2 is 2.06 bits per heavy atom. The molecule has 0 aromatic carbocycles. The first kappa shape index (κ1) is 14.5. The highest BCUT2D eigenvalue weighted by atomic mass is 16.5. The zero-order valence-electron chi connectivity index (χ0n) is 11.3. The van der Waals surface area contributed by atoms with Gasteiger partial charge in [-0.2, -0.15) is 0 Å². The molecule has 0 aliphatic rings. The van der Waals surface area contributed by atoms with Crippen LogP contribution in [0.25, 0.3) is 0 Å². The van der Waals surface area contributed by atoms with Crippen LogP contribution >= 0.6 is 0 Å². The van der Waals surface area contributed by atoms with E-state index < -0.39 is 0 Å². The van der Waals surface area contributed by atoms with Crippen LogP contribution in [0.4, 0.5) is 0 Å². The molecule has 0 fully saturated rings.